The molecule has 1 heterocycles. The highest BCUT2D eigenvalue weighted by Gasteiger charge is 2.39. The van der Waals surface area contributed by atoms with Crippen LogP contribution < -0.4 is 10.6 Å². The number of nitrogens with zero attached hydrogens (tertiary/aromatic N) is 4. The topological polar surface area (TPSA) is 67.1 Å². The number of aliphatic imine (C=N–C) groups is 1. The first-order valence-electron chi connectivity index (χ1n) is 10.2. The maximum absolute atomic E-state index is 4.82. The van der Waals surface area contributed by atoms with Gasteiger partial charge in [-0.25, -0.2) is 0 Å². The third-order valence-corrected chi connectivity index (χ3v) is 5.75. The van der Waals surface area contributed by atoms with Crippen molar-refractivity contribution in [3.63, 3.8) is 0 Å². The number of hydrogen-bond acceptors (Lipinski definition) is 3. The van der Waals surface area contributed by atoms with Crippen molar-refractivity contribution in [2.75, 3.05) is 13.1 Å². The van der Waals surface area contributed by atoms with Crippen LogP contribution >= 0.6 is 0 Å². The van der Waals surface area contributed by atoms with E-state index < -0.39 is 0 Å². The van der Waals surface area contributed by atoms with Gasteiger partial charge in [0.2, 0.25) is 0 Å². The average molecular weight is 347 g/mol. The lowest BCUT2D eigenvalue weighted by Crippen LogP contribution is -2.46. The van der Waals surface area contributed by atoms with Gasteiger partial charge in [0.15, 0.2) is 5.96 Å². The molecule has 25 heavy (non-hydrogen) atoms. The first kappa shape index (κ1) is 18.2. The SMILES string of the molecule is CCCCCN=C(NCCn1cnnc1CC)NC1CC2CCC1C2. The maximum Gasteiger partial charge on any atom is 0.191 e. The number of rotatable bonds is 9. The average Bonchev–Trinajstić information content (AvgIpc) is 3.35. The zero-order valence-electron chi connectivity index (χ0n) is 15.9. The summed E-state index contributed by atoms with van der Waals surface area (Å²) in [4.78, 5) is 4.82. The first-order valence-corrected chi connectivity index (χ1v) is 10.2. The Hall–Kier alpha value is -1.59. The lowest BCUT2D eigenvalue weighted by atomic mass is 9.95. The Morgan fingerprint density at radius 3 is 2.92 bits per heavy atom. The van der Waals surface area contributed by atoms with Gasteiger partial charge in [-0.15, -0.1) is 10.2 Å². The molecule has 2 fully saturated rings. The second kappa shape index (κ2) is 9.20. The van der Waals surface area contributed by atoms with Gasteiger partial charge >= 0.3 is 0 Å². The molecule has 1 aromatic heterocycles. The molecule has 1 aromatic rings. The van der Waals surface area contributed by atoms with E-state index >= 15 is 0 Å². The van der Waals surface area contributed by atoms with E-state index in [9.17, 15) is 0 Å². The molecule has 3 unspecified atom stereocenters. The van der Waals surface area contributed by atoms with Crippen LogP contribution in [0.25, 0.3) is 0 Å². The van der Waals surface area contributed by atoms with E-state index in [1.54, 1.807) is 0 Å². The highest BCUT2D eigenvalue weighted by atomic mass is 15.3. The van der Waals surface area contributed by atoms with Crippen molar-refractivity contribution in [1.82, 2.24) is 25.4 Å². The summed E-state index contributed by atoms with van der Waals surface area (Å²) in [6.45, 7) is 7.00. The molecule has 0 spiro atoms. The van der Waals surface area contributed by atoms with Gasteiger partial charge in [-0.2, -0.15) is 0 Å². The quantitative estimate of drug-likeness (QED) is 0.410. The fourth-order valence-corrected chi connectivity index (χ4v) is 4.34. The number of hydrogen-bond donors (Lipinski definition) is 2. The largest absolute Gasteiger partial charge is 0.355 e. The van der Waals surface area contributed by atoms with Gasteiger partial charge in [0.05, 0.1) is 0 Å². The molecule has 140 valence electrons. The van der Waals surface area contributed by atoms with E-state index in [-0.39, 0.29) is 0 Å². The van der Waals surface area contributed by atoms with E-state index in [0.29, 0.717) is 6.04 Å². The van der Waals surface area contributed by atoms with E-state index in [0.717, 1.165) is 49.7 Å². The predicted molar refractivity (Wildman–Crippen MR) is 102 cm³/mol. The fraction of sp³-hybridized carbons (Fsp3) is 0.842. The highest BCUT2D eigenvalue weighted by molar-refractivity contribution is 5.80. The minimum atomic E-state index is 0.622. The van der Waals surface area contributed by atoms with Crippen LogP contribution in [-0.2, 0) is 13.0 Å². The first-order chi connectivity index (χ1) is 12.3. The van der Waals surface area contributed by atoms with Crippen LogP contribution in [0.4, 0.5) is 0 Å². The van der Waals surface area contributed by atoms with Crippen LogP contribution in [0.1, 0.15) is 64.6 Å². The fourth-order valence-electron chi connectivity index (χ4n) is 4.34. The predicted octanol–water partition coefficient (Wildman–Crippen LogP) is 2.75. The summed E-state index contributed by atoms with van der Waals surface area (Å²) >= 11 is 0. The molecule has 0 aromatic carbocycles. The number of fused-ring (bicyclic) bond motifs is 2. The molecule has 3 atom stereocenters. The monoisotopic (exact) mass is 346 g/mol. The van der Waals surface area contributed by atoms with Crippen LogP contribution in [0, 0.1) is 11.8 Å². The molecule has 3 rings (SSSR count). The number of aromatic nitrogens is 3. The van der Waals surface area contributed by atoms with Crippen molar-refractivity contribution in [1.29, 1.82) is 0 Å². The summed E-state index contributed by atoms with van der Waals surface area (Å²) in [6, 6.07) is 0.622. The standard InChI is InChI=1S/C19H34N6/c1-3-5-6-9-20-19(23-17-13-15-7-8-16(17)12-15)21-10-11-25-14-22-24-18(25)4-2/h14-17H,3-13H2,1-2H3,(H2,20,21,23). The van der Waals surface area contributed by atoms with Crippen molar-refractivity contribution < 1.29 is 0 Å². The molecule has 2 bridgehead atoms. The summed E-state index contributed by atoms with van der Waals surface area (Å²) in [6.07, 6.45) is 12.0. The number of guanidine groups is 1. The van der Waals surface area contributed by atoms with Crippen LogP contribution in [0.3, 0.4) is 0 Å². The van der Waals surface area contributed by atoms with E-state index in [2.05, 4.69) is 39.2 Å². The Balaban J connectivity index is 1.50. The third-order valence-electron chi connectivity index (χ3n) is 5.75. The van der Waals surface area contributed by atoms with E-state index in [4.69, 9.17) is 4.99 Å². The lowest BCUT2D eigenvalue weighted by Gasteiger charge is -2.25. The normalized spacial score (nSPS) is 25.5. The Bertz CT molecular complexity index is 552. The molecular weight excluding hydrogens is 312 g/mol. The van der Waals surface area contributed by atoms with E-state index in [1.165, 1.54) is 44.9 Å². The van der Waals surface area contributed by atoms with Gasteiger partial charge in [0.1, 0.15) is 12.2 Å². The molecule has 0 aliphatic heterocycles. The van der Waals surface area contributed by atoms with E-state index in [1.807, 2.05) is 6.33 Å². The molecular formula is C19H34N6. The molecule has 6 heteroatoms. The summed E-state index contributed by atoms with van der Waals surface area (Å²) in [5, 5.41) is 15.4. The molecule has 0 saturated heterocycles. The van der Waals surface area contributed by atoms with Gasteiger partial charge in [-0.3, -0.25) is 4.99 Å². The lowest BCUT2D eigenvalue weighted by molar-refractivity contribution is 0.386. The van der Waals surface area contributed by atoms with Crippen LogP contribution in [-0.4, -0.2) is 39.9 Å². The zero-order chi connectivity index (χ0) is 17.5. The summed E-state index contributed by atoms with van der Waals surface area (Å²) < 4.78 is 2.12. The van der Waals surface area contributed by atoms with Gasteiger partial charge in [-0.1, -0.05) is 33.1 Å². The number of aryl methyl sites for hydroxylation is 1. The summed E-state index contributed by atoms with van der Waals surface area (Å²) in [5.41, 5.74) is 0. The van der Waals surface area contributed by atoms with Gasteiger partial charge in [-0.05, 0) is 37.5 Å². The Labute approximate surface area is 151 Å². The minimum Gasteiger partial charge on any atom is -0.355 e. The maximum atomic E-state index is 4.82. The van der Waals surface area contributed by atoms with Crippen LogP contribution in [0.15, 0.2) is 11.3 Å². The molecule has 0 radical (unpaired) electrons. The number of nitrogens with one attached hydrogen (secondary N) is 2. The third kappa shape index (κ3) is 4.95. The Kier molecular flexibility index (Phi) is 6.70. The summed E-state index contributed by atoms with van der Waals surface area (Å²) in [7, 11) is 0. The summed E-state index contributed by atoms with van der Waals surface area (Å²) in [5.74, 6) is 3.86. The molecule has 6 nitrogen and oxygen atoms in total. The molecule has 2 aliphatic carbocycles. The van der Waals surface area contributed by atoms with Crippen LogP contribution in [0.2, 0.25) is 0 Å². The molecule has 2 N–H and O–H groups in total. The Morgan fingerprint density at radius 1 is 1.28 bits per heavy atom. The van der Waals surface area contributed by atoms with Crippen molar-refractivity contribution in [3.05, 3.63) is 12.2 Å². The second-order valence-corrected chi connectivity index (χ2v) is 7.58. The number of unbranched alkanes of at least 4 members (excludes halogenated alkanes) is 2. The Morgan fingerprint density at radius 2 is 2.20 bits per heavy atom. The van der Waals surface area contributed by atoms with Gasteiger partial charge in [0, 0.05) is 32.1 Å². The van der Waals surface area contributed by atoms with Crippen molar-refractivity contribution >= 4 is 5.96 Å². The molecule has 0 amide bonds. The zero-order valence-corrected chi connectivity index (χ0v) is 15.9. The second-order valence-electron chi connectivity index (χ2n) is 7.58. The van der Waals surface area contributed by atoms with Crippen molar-refractivity contribution in [2.45, 2.75) is 77.8 Å². The van der Waals surface area contributed by atoms with Crippen molar-refractivity contribution in [3.8, 4) is 0 Å². The smallest absolute Gasteiger partial charge is 0.191 e. The molecule has 2 saturated carbocycles. The van der Waals surface area contributed by atoms with Gasteiger partial charge in [0.25, 0.3) is 0 Å². The van der Waals surface area contributed by atoms with Crippen molar-refractivity contribution in [2.24, 2.45) is 16.8 Å². The van der Waals surface area contributed by atoms with Gasteiger partial charge < -0.3 is 15.2 Å². The highest BCUT2D eigenvalue weighted by Crippen LogP contribution is 2.44. The molecule has 2 aliphatic rings. The minimum absolute atomic E-state index is 0.622. The van der Waals surface area contributed by atoms with Crippen LogP contribution in [0.5, 0.6) is 0 Å².